The van der Waals surface area contributed by atoms with Crippen molar-refractivity contribution in [2.24, 2.45) is 0 Å². The number of ketones is 2. The number of nitrogens with zero attached hydrogens (tertiary/aromatic N) is 1. The zero-order chi connectivity index (χ0) is 26.1. The maximum atomic E-state index is 15.0. The number of benzene rings is 4. The van der Waals surface area contributed by atoms with E-state index in [0.29, 0.717) is 28.1 Å². The van der Waals surface area contributed by atoms with E-state index in [0.717, 1.165) is 16.6 Å². The number of hydrogen-bond acceptors (Lipinski definition) is 3. The molecule has 4 aromatic carbocycles. The van der Waals surface area contributed by atoms with E-state index in [1.54, 1.807) is 35.2 Å². The normalized spacial score (nSPS) is 16.5. The van der Waals surface area contributed by atoms with Gasteiger partial charge in [0.05, 0.1) is 16.9 Å². The number of para-hydroxylation sites is 2. The monoisotopic (exact) mass is 489 g/mol. The average molecular weight is 489 g/mol. The Hall–Kier alpha value is -4.32. The lowest BCUT2D eigenvalue weighted by Gasteiger charge is -2.42. The van der Waals surface area contributed by atoms with Crippen LogP contribution in [-0.2, 0) is 5.41 Å². The number of halogens is 2. The number of anilines is 3. The minimum atomic E-state index is -0.665. The Morgan fingerprint density at radius 3 is 2.19 bits per heavy atom. The smallest absolute Gasteiger partial charge is 0.197 e. The molecule has 180 valence electrons. The molecule has 1 aliphatic carbocycles. The summed E-state index contributed by atoms with van der Waals surface area (Å²) in [7, 11) is 1.88. The fourth-order valence-electron chi connectivity index (χ4n) is 5.49. The van der Waals surface area contributed by atoms with Crippen LogP contribution in [0.5, 0.6) is 0 Å². The van der Waals surface area contributed by atoms with Gasteiger partial charge in [-0.15, -0.1) is 0 Å². The highest BCUT2D eigenvalue weighted by molar-refractivity contribution is 6.42. The van der Waals surface area contributed by atoms with E-state index >= 15 is 8.78 Å². The molecule has 0 N–H and O–H groups in total. The molecule has 0 unspecified atom stereocenters. The maximum Gasteiger partial charge on any atom is 0.197 e. The summed E-state index contributed by atoms with van der Waals surface area (Å²) in [5, 5.41) is 0. The molecule has 0 fully saturated rings. The van der Waals surface area contributed by atoms with Gasteiger partial charge in [0.15, 0.2) is 11.6 Å². The van der Waals surface area contributed by atoms with Crippen LogP contribution in [0, 0.1) is 11.6 Å². The fourth-order valence-corrected chi connectivity index (χ4v) is 5.49. The van der Waals surface area contributed by atoms with Gasteiger partial charge in [-0.2, -0.15) is 0 Å². The Kier molecular flexibility index (Phi) is 5.06. The van der Waals surface area contributed by atoms with E-state index in [2.05, 4.69) is 13.8 Å². The molecule has 0 radical (unpaired) electrons. The summed E-state index contributed by atoms with van der Waals surface area (Å²) in [6.07, 6.45) is 1.62. The van der Waals surface area contributed by atoms with Gasteiger partial charge in [-0.05, 0) is 53.1 Å². The highest BCUT2D eigenvalue weighted by atomic mass is 19.1. The van der Waals surface area contributed by atoms with Crippen molar-refractivity contribution in [2.75, 3.05) is 4.90 Å². The minimum Gasteiger partial charge on any atom is -0.305 e. The average Bonchev–Trinajstić information content (AvgIpc) is 3.10. The fraction of sp³-hybridized carbons (Fsp3) is 0.0968. The van der Waals surface area contributed by atoms with Crippen molar-refractivity contribution in [1.82, 2.24) is 0 Å². The third-order valence-corrected chi connectivity index (χ3v) is 7.38. The van der Waals surface area contributed by atoms with E-state index < -0.39 is 17.0 Å². The predicted molar refractivity (Wildman–Crippen MR) is 144 cm³/mol. The molecule has 0 saturated heterocycles. The predicted octanol–water partition coefficient (Wildman–Crippen LogP) is 5.79. The molecule has 1 heterocycles. The summed E-state index contributed by atoms with van der Waals surface area (Å²) in [5.41, 5.74) is 4.94. The third-order valence-electron chi connectivity index (χ3n) is 7.38. The Morgan fingerprint density at radius 2 is 1.43 bits per heavy atom. The molecule has 3 nitrogen and oxygen atoms in total. The van der Waals surface area contributed by atoms with Crippen LogP contribution >= 0.6 is 0 Å². The molecule has 0 aromatic heterocycles. The number of Topliss-reactive ketones (excluding diaryl/α,β-unsaturated/α-hetero) is 2. The van der Waals surface area contributed by atoms with Crippen molar-refractivity contribution < 1.29 is 18.4 Å². The summed E-state index contributed by atoms with van der Waals surface area (Å²) in [4.78, 5) is 27.7. The molecular weight excluding hydrogens is 467 g/mol. The molecule has 4 aromatic rings. The lowest BCUT2D eigenvalue weighted by atomic mass is 9.73. The number of carbonyl (C=O) groups is 2. The number of allylic oxidation sites excluding steroid dienone is 1. The molecule has 6 rings (SSSR count). The SMILES string of the molecule is Bc1ccc2c(c1)C(=O)/C(=C\c1ccc3c(c1)C(C)(C)c1ccccc1N3c1c(F)cccc1F)C2=O. The van der Waals surface area contributed by atoms with Gasteiger partial charge in [-0.1, -0.05) is 67.8 Å². The molecule has 0 amide bonds. The Morgan fingerprint density at radius 1 is 0.757 bits per heavy atom. The van der Waals surface area contributed by atoms with Gasteiger partial charge in [0.25, 0.3) is 0 Å². The van der Waals surface area contributed by atoms with Gasteiger partial charge < -0.3 is 4.90 Å². The zero-order valence-electron chi connectivity index (χ0n) is 20.6. The van der Waals surface area contributed by atoms with E-state index in [1.165, 1.54) is 18.2 Å². The largest absolute Gasteiger partial charge is 0.305 e. The molecule has 1 aliphatic heterocycles. The lowest BCUT2D eigenvalue weighted by molar-refractivity contribution is 0.0990. The third kappa shape index (κ3) is 3.40. The molecule has 0 spiro atoms. The van der Waals surface area contributed by atoms with Crippen molar-refractivity contribution in [3.63, 3.8) is 0 Å². The second kappa shape index (κ2) is 8.10. The zero-order valence-corrected chi connectivity index (χ0v) is 20.6. The van der Waals surface area contributed by atoms with Crippen LogP contribution in [0.3, 0.4) is 0 Å². The first-order chi connectivity index (χ1) is 17.7. The summed E-state index contributed by atoms with van der Waals surface area (Å²) in [5.74, 6) is -1.91. The van der Waals surface area contributed by atoms with Gasteiger partial charge in [0, 0.05) is 16.5 Å². The van der Waals surface area contributed by atoms with Crippen molar-refractivity contribution in [1.29, 1.82) is 0 Å². The first-order valence-corrected chi connectivity index (χ1v) is 12.1. The molecule has 6 heteroatoms. The quantitative estimate of drug-likeness (QED) is 0.203. The van der Waals surface area contributed by atoms with Crippen LogP contribution in [-0.4, -0.2) is 19.4 Å². The van der Waals surface area contributed by atoms with Crippen LogP contribution in [0.15, 0.2) is 84.4 Å². The van der Waals surface area contributed by atoms with E-state index in [9.17, 15) is 9.59 Å². The first-order valence-electron chi connectivity index (χ1n) is 12.1. The Bertz CT molecular complexity index is 1670. The number of rotatable bonds is 2. The van der Waals surface area contributed by atoms with Gasteiger partial charge in [-0.3, -0.25) is 9.59 Å². The van der Waals surface area contributed by atoms with Crippen LogP contribution in [0.4, 0.5) is 25.8 Å². The highest BCUT2D eigenvalue weighted by Gasteiger charge is 2.39. The second-order valence-corrected chi connectivity index (χ2v) is 10.1. The van der Waals surface area contributed by atoms with Gasteiger partial charge in [-0.25, -0.2) is 8.78 Å². The molecule has 2 aliphatic rings. The van der Waals surface area contributed by atoms with Crippen molar-refractivity contribution in [2.45, 2.75) is 19.3 Å². The topological polar surface area (TPSA) is 37.4 Å². The van der Waals surface area contributed by atoms with Crippen LogP contribution in [0.25, 0.3) is 6.08 Å². The number of hydrogen-bond donors (Lipinski definition) is 0. The van der Waals surface area contributed by atoms with E-state index in [-0.39, 0.29) is 22.8 Å². The minimum absolute atomic E-state index is 0.117. The molecular formula is C31H22BF2NO2. The summed E-state index contributed by atoms with van der Waals surface area (Å²) < 4.78 is 30.1. The summed E-state index contributed by atoms with van der Waals surface area (Å²) >= 11 is 0. The highest BCUT2D eigenvalue weighted by Crippen LogP contribution is 2.52. The van der Waals surface area contributed by atoms with E-state index in [4.69, 9.17) is 0 Å². The van der Waals surface area contributed by atoms with Crippen LogP contribution in [0.2, 0.25) is 0 Å². The van der Waals surface area contributed by atoms with Crippen LogP contribution < -0.4 is 10.4 Å². The number of carbonyl (C=O) groups excluding carboxylic acids is 2. The van der Waals surface area contributed by atoms with Crippen LogP contribution in [0.1, 0.15) is 51.3 Å². The van der Waals surface area contributed by atoms with Crippen molar-refractivity contribution >= 4 is 48.0 Å². The van der Waals surface area contributed by atoms with Crippen molar-refractivity contribution in [3.8, 4) is 0 Å². The molecule has 0 atom stereocenters. The lowest BCUT2D eigenvalue weighted by Crippen LogP contribution is -2.31. The summed E-state index contributed by atoms with van der Waals surface area (Å²) in [6, 6.07) is 22.1. The first kappa shape index (κ1) is 23.1. The second-order valence-electron chi connectivity index (χ2n) is 10.1. The Labute approximate surface area is 214 Å². The van der Waals surface area contributed by atoms with Gasteiger partial charge in [0.2, 0.25) is 0 Å². The number of fused-ring (bicyclic) bond motifs is 3. The maximum absolute atomic E-state index is 15.0. The van der Waals surface area contributed by atoms with Gasteiger partial charge in [0.1, 0.15) is 25.2 Å². The summed E-state index contributed by atoms with van der Waals surface area (Å²) in [6.45, 7) is 4.11. The van der Waals surface area contributed by atoms with Gasteiger partial charge >= 0.3 is 0 Å². The van der Waals surface area contributed by atoms with Crippen molar-refractivity contribution in [3.05, 3.63) is 124 Å². The standard InChI is InChI=1S/C31H22BF2NO2/c1-31(2)22-6-3-4-9-26(22)35(28-24(33)7-5-8-25(28)34)27-13-10-17(15-23(27)31)14-21-29(36)19-12-11-18(32)16-20(19)30(21)37/h3-16H,32H2,1-2H3/b21-14-. The Balaban J connectivity index is 1.54. The molecule has 37 heavy (non-hydrogen) atoms. The molecule has 0 saturated carbocycles. The molecule has 0 bridgehead atoms. The van der Waals surface area contributed by atoms with E-state index in [1.807, 2.05) is 44.2 Å².